The van der Waals surface area contributed by atoms with Gasteiger partial charge in [0.05, 0.1) is 24.3 Å². The molecule has 0 fully saturated rings. The number of alkyl halides is 1. The van der Waals surface area contributed by atoms with Crippen molar-refractivity contribution in [2.24, 2.45) is 0 Å². The number of halogens is 2. The third-order valence-electron chi connectivity index (χ3n) is 2.56. The largest absolute Gasteiger partial charge is 0.374 e. The van der Waals surface area contributed by atoms with E-state index >= 15 is 0 Å². The summed E-state index contributed by atoms with van der Waals surface area (Å²) in [6.45, 7) is 4.14. The molecule has 102 valence electrons. The summed E-state index contributed by atoms with van der Waals surface area (Å²) in [5.41, 5.74) is 2.15. The average Bonchev–Trinajstić information content (AvgIpc) is 2.85. The predicted molar refractivity (Wildman–Crippen MR) is 77.0 cm³/mol. The monoisotopic (exact) mass is 299 g/mol. The van der Waals surface area contributed by atoms with Gasteiger partial charge in [-0.3, -0.25) is 0 Å². The van der Waals surface area contributed by atoms with Gasteiger partial charge in [-0.25, -0.2) is 9.37 Å². The lowest BCUT2D eigenvalue weighted by Crippen LogP contribution is -2.03. The zero-order valence-corrected chi connectivity index (χ0v) is 12.4. The van der Waals surface area contributed by atoms with E-state index in [0.29, 0.717) is 11.4 Å². The molecule has 0 aliphatic rings. The molecule has 0 amide bonds. The van der Waals surface area contributed by atoms with Gasteiger partial charge in [-0.2, -0.15) is 0 Å². The van der Waals surface area contributed by atoms with E-state index in [1.54, 1.807) is 6.07 Å². The van der Waals surface area contributed by atoms with Crippen molar-refractivity contribution in [2.45, 2.75) is 32.4 Å². The Morgan fingerprint density at radius 2 is 2.21 bits per heavy atom. The van der Waals surface area contributed by atoms with Gasteiger partial charge < -0.3 is 4.74 Å². The Balaban J connectivity index is 2.18. The van der Waals surface area contributed by atoms with Crippen LogP contribution in [0, 0.1) is 5.82 Å². The first-order valence-corrected chi connectivity index (χ1v) is 7.42. The number of hydrogen-bond donors (Lipinski definition) is 0. The number of nitrogens with zero attached hydrogens (tertiary/aromatic N) is 1. The minimum Gasteiger partial charge on any atom is -0.374 e. The van der Waals surface area contributed by atoms with Gasteiger partial charge in [0.1, 0.15) is 10.8 Å². The summed E-state index contributed by atoms with van der Waals surface area (Å²) in [5.74, 6) is 0.111. The highest BCUT2D eigenvalue weighted by Gasteiger charge is 2.09. The van der Waals surface area contributed by atoms with Crippen molar-refractivity contribution in [3.63, 3.8) is 0 Å². The van der Waals surface area contributed by atoms with Crippen LogP contribution in [-0.4, -0.2) is 11.1 Å². The van der Waals surface area contributed by atoms with Crippen molar-refractivity contribution in [1.29, 1.82) is 0 Å². The molecular formula is C14H15ClFNOS. The maximum atomic E-state index is 13.9. The van der Waals surface area contributed by atoms with Crippen LogP contribution in [0.5, 0.6) is 0 Å². The van der Waals surface area contributed by atoms with Gasteiger partial charge in [0.2, 0.25) is 0 Å². The lowest BCUT2D eigenvalue weighted by atomic mass is 10.1. The first kappa shape index (κ1) is 14.4. The van der Waals surface area contributed by atoms with Crippen LogP contribution in [0.2, 0.25) is 0 Å². The molecule has 0 aliphatic carbocycles. The fourth-order valence-corrected chi connectivity index (χ4v) is 2.60. The van der Waals surface area contributed by atoms with Crippen LogP contribution < -0.4 is 0 Å². The van der Waals surface area contributed by atoms with E-state index in [-0.39, 0.29) is 18.5 Å². The second-order valence-corrected chi connectivity index (χ2v) is 5.57. The predicted octanol–water partition coefficient (Wildman–Crippen LogP) is 4.61. The van der Waals surface area contributed by atoms with E-state index in [0.717, 1.165) is 16.3 Å². The summed E-state index contributed by atoms with van der Waals surface area (Å²) in [6.07, 6.45) is 0.0873. The quantitative estimate of drug-likeness (QED) is 0.752. The third kappa shape index (κ3) is 3.75. The number of hydrogen-bond acceptors (Lipinski definition) is 3. The van der Waals surface area contributed by atoms with Gasteiger partial charge >= 0.3 is 0 Å². The highest BCUT2D eigenvalue weighted by atomic mass is 35.5. The van der Waals surface area contributed by atoms with Crippen molar-refractivity contribution in [2.75, 3.05) is 0 Å². The topological polar surface area (TPSA) is 22.1 Å². The molecule has 5 heteroatoms. The molecule has 0 unspecified atom stereocenters. The molecule has 1 aromatic heterocycles. The minimum absolute atomic E-state index is 0.0873. The van der Waals surface area contributed by atoms with Crippen LogP contribution in [0.1, 0.15) is 25.1 Å². The molecule has 0 spiro atoms. The van der Waals surface area contributed by atoms with E-state index in [9.17, 15) is 4.39 Å². The molecule has 1 heterocycles. The standard InChI is InChI=1S/C14H15ClFNOS/c1-9(2)18-7-11-4-3-10(5-13(11)16)14-17-12(6-15)8-19-14/h3-5,8-9H,6-7H2,1-2H3. The average molecular weight is 300 g/mol. The molecule has 2 rings (SSSR count). The Bertz CT molecular complexity index is 556. The summed E-state index contributed by atoms with van der Waals surface area (Å²) in [7, 11) is 0. The molecule has 0 saturated heterocycles. The van der Waals surface area contributed by atoms with E-state index in [2.05, 4.69) is 4.98 Å². The Morgan fingerprint density at radius 1 is 1.42 bits per heavy atom. The van der Waals surface area contributed by atoms with Crippen molar-refractivity contribution in [3.8, 4) is 10.6 Å². The number of ether oxygens (including phenoxy) is 1. The number of thiazole rings is 1. The summed E-state index contributed by atoms with van der Waals surface area (Å²) < 4.78 is 19.4. The first-order chi connectivity index (χ1) is 9.10. The molecule has 19 heavy (non-hydrogen) atoms. The Morgan fingerprint density at radius 3 is 2.79 bits per heavy atom. The normalized spacial score (nSPS) is 11.2. The second-order valence-electron chi connectivity index (χ2n) is 4.44. The smallest absolute Gasteiger partial charge is 0.129 e. The fourth-order valence-electron chi connectivity index (χ4n) is 1.55. The summed E-state index contributed by atoms with van der Waals surface area (Å²) in [5, 5.41) is 2.67. The molecule has 1 aromatic carbocycles. The SMILES string of the molecule is CC(C)OCc1ccc(-c2nc(CCl)cs2)cc1F. The highest BCUT2D eigenvalue weighted by molar-refractivity contribution is 7.13. The Kier molecular flexibility index (Phi) is 4.91. The minimum atomic E-state index is -0.263. The number of rotatable bonds is 5. The van der Waals surface area contributed by atoms with E-state index < -0.39 is 0 Å². The lowest BCUT2D eigenvalue weighted by Gasteiger charge is -2.09. The van der Waals surface area contributed by atoms with Crippen LogP contribution in [0.25, 0.3) is 10.6 Å². The van der Waals surface area contributed by atoms with Crippen molar-refractivity contribution >= 4 is 22.9 Å². The van der Waals surface area contributed by atoms with Crippen molar-refractivity contribution < 1.29 is 9.13 Å². The van der Waals surface area contributed by atoms with Gasteiger partial charge in [0, 0.05) is 16.5 Å². The van der Waals surface area contributed by atoms with E-state index in [4.69, 9.17) is 16.3 Å². The molecule has 0 aliphatic heterocycles. The molecule has 0 bridgehead atoms. The van der Waals surface area contributed by atoms with Crippen molar-refractivity contribution in [1.82, 2.24) is 4.98 Å². The van der Waals surface area contributed by atoms with Crippen molar-refractivity contribution in [3.05, 3.63) is 40.7 Å². The summed E-state index contributed by atoms with van der Waals surface area (Å²) in [6, 6.07) is 5.10. The summed E-state index contributed by atoms with van der Waals surface area (Å²) >= 11 is 7.18. The molecule has 0 atom stereocenters. The van der Waals surface area contributed by atoms with Crippen LogP contribution in [0.15, 0.2) is 23.6 Å². The molecule has 0 saturated carbocycles. The summed E-state index contributed by atoms with van der Waals surface area (Å²) in [4.78, 5) is 4.33. The van der Waals surface area contributed by atoms with E-state index in [1.165, 1.54) is 17.4 Å². The van der Waals surface area contributed by atoms with Crippen LogP contribution >= 0.6 is 22.9 Å². The van der Waals surface area contributed by atoms with Crippen LogP contribution in [0.3, 0.4) is 0 Å². The number of aromatic nitrogens is 1. The maximum absolute atomic E-state index is 13.9. The molecular weight excluding hydrogens is 285 g/mol. The van der Waals surface area contributed by atoms with E-state index in [1.807, 2.05) is 25.3 Å². The lowest BCUT2D eigenvalue weighted by molar-refractivity contribution is 0.0639. The number of benzene rings is 1. The molecule has 0 N–H and O–H groups in total. The molecule has 2 aromatic rings. The zero-order valence-electron chi connectivity index (χ0n) is 10.8. The fraction of sp³-hybridized carbons (Fsp3) is 0.357. The van der Waals surface area contributed by atoms with Gasteiger partial charge in [-0.1, -0.05) is 12.1 Å². The third-order valence-corrected chi connectivity index (χ3v) is 3.77. The zero-order chi connectivity index (χ0) is 13.8. The Hall–Kier alpha value is -0.970. The van der Waals surface area contributed by atoms with Gasteiger partial charge in [-0.15, -0.1) is 22.9 Å². The molecule has 0 radical (unpaired) electrons. The second kappa shape index (κ2) is 6.46. The first-order valence-electron chi connectivity index (χ1n) is 6.01. The van der Waals surface area contributed by atoms with Gasteiger partial charge in [0.25, 0.3) is 0 Å². The van der Waals surface area contributed by atoms with Gasteiger partial charge in [-0.05, 0) is 19.9 Å². The maximum Gasteiger partial charge on any atom is 0.129 e. The Labute approximate surface area is 121 Å². The van der Waals surface area contributed by atoms with Crippen LogP contribution in [0.4, 0.5) is 4.39 Å². The molecule has 2 nitrogen and oxygen atoms in total. The van der Waals surface area contributed by atoms with Gasteiger partial charge in [0.15, 0.2) is 0 Å². The van der Waals surface area contributed by atoms with Crippen LogP contribution in [-0.2, 0) is 17.2 Å². The highest BCUT2D eigenvalue weighted by Crippen LogP contribution is 2.26.